The maximum absolute atomic E-state index is 3.84. The number of benzene rings is 2. The van der Waals surface area contributed by atoms with Gasteiger partial charge in [-0.3, -0.25) is 0 Å². The quantitative estimate of drug-likeness (QED) is 0.603. The van der Waals surface area contributed by atoms with Gasteiger partial charge in [-0.1, -0.05) is 80.1 Å². The van der Waals surface area contributed by atoms with E-state index in [9.17, 15) is 0 Å². The van der Waals surface area contributed by atoms with E-state index in [4.69, 9.17) is 0 Å². The molecule has 140 valence electrons. The van der Waals surface area contributed by atoms with Gasteiger partial charge in [-0.15, -0.1) is 0 Å². The molecule has 2 aromatic carbocycles. The highest BCUT2D eigenvalue weighted by atomic mass is 14.9. The fourth-order valence-corrected chi connectivity index (χ4v) is 4.82. The summed E-state index contributed by atoms with van der Waals surface area (Å²) in [6, 6.07) is 15.8. The molecule has 1 atom stereocenters. The molecule has 1 saturated carbocycles. The summed E-state index contributed by atoms with van der Waals surface area (Å²) in [5, 5.41) is 3.84. The molecule has 1 heteroatoms. The molecular weight excluding hydrogens is 314 g/mol. The molecule has 0 amide bonds. The van der Waals surface area contributed by atoms with Crippen molar-refractivity contribution in [2.75, 3.05) is 11.9 Å². The average Bonchev–Trinajstić information content (AvgIpc) is 2.59. The fraction of sp³-hybridized carbons (Fsp3) is 0.520. The number of rotatable bonds is 5. The number of hydrogen-bond acceptors (Lipinski definition) is 1. The minimum atomic E-state index is 0.606. The van der Waals surface area contributed by atoms with Gasteiger partial charge in [0.05, 0.1) is 0 Å². The highest BCUT2D eigenvalue weighted by molar-refractivity contribution is 5.58. The number of hydrogen-bond donors (Lipinski definition) is 1. The predicted molar refractivity (Wildman–Crippen MR) is 114 cm³/mol. The van der Waals surface area contributed by atoms with E-state index in [0.29, 0.717) is 5.92 Å². The van der Waals surface area contributed by atoms with E-state index in [-0.39, 0.29) is 0 Å². The molecule has 0 aliphatic heterocycles. The fourth-order valence-electron chi connectivity index (χ4n) is 4.82. The minimum absolute atomic E-state index is 0.606. The summed E-state index contributed by atoms with van der Waals surface area (Å²) in [4.78, 5) is 0. The minimum Gasteiger partial charge on any atom is -0.384 e. The third-order valence-corrected chi connectivity index (χ3v) is 6.12. The van der Waals surface area contributed by atoms with E-state index in [1.165, 1.54) is 72.9 Å². The summed E-state index contributed by atoms with van der Waals surface area (Å²) in [7, 11) is 0. The number of nitrogens with one attached hydrogen (secondary N) is 1. The van der Waals surface area contributed by atoms with Crippen LogP contribution in [-0.2, 0) is 0 Å². The third-order valence-electron chi connectivity index (χ3n) is 6.12. The van der Waals surface area contributed by atoms with Crippen LogP contribution in [0.25, 0.3) is 0 Å². The van der Waals surface area contributed by atoms with Crippen LogP contribution in [0.1, 0.15) is 73.1 Å². The molecule has 1 fully saturated rings. The van der Waals surface area contributed by atoms with Gasteiger partial charge in [0.2, 0.25) is 0 Å². The molecule has 26 heavy (non-hydrogen) atoms. The van der Waals surface area contributed by atoms with Crippen molar-refractivity contribution in [3.63, 3.8) is 0 Å². The summed E-state index contributed by atoms with van der Waals surface area (Å²) < 4.78 is 0. The lowest BCUT2D eigenvalue weighted by Crippen LogP contribution is -2.23. The van der Waals surface area contributed by atoms with Crippen LogP contribution in [0.4, 0.5) is 5.69 Å². The van der Waals surface area contributed by atoms with Crippen LogP contribution < -0.4 is 5.32 Å². The largest absolute Gasteiger partial charge is 0.384 e. The molecule has 1 N–H and O–H groups in total. The van der Waals surface area contributed by atoms with Crippen LogP contribution in [0, 0.1) is 26.7 Å². The second-order valence-electron chi connectivity index (χ2n) is 8.28. The van der Waals surface area contributed by atoms with Crippen LogP contribution in [-0.4, -0.2) is 6.54 Å². The maximum Gasteiger partial charge on any atom is 0.0399 e. The van der Waals surface area contributed by atoms with Crippen molar-refractivity contribution in [3.8, 4) is 0 Å². The lowest BCUT2D eigenvalue weighted by Gasteiger charge is -2.30. The topological polar surface area (TPSA) is 12.0 Å². The van der Waals surface area contributed by atoms with E-state index in [2.05, 4.69) is 68.6 Å². The molecule has 1 aliphatic rings. The van der Waals surface area contributed by atoms with Crippen molar-refractivity contribution < 1.29 is 0 Å². The first-order valence-electron chi connectivity index (χ1n) is 10.5. The molecule has 0 heterocycles. The zero-order chi connectivity index (χ0) is 18.4. The van der Waals surface area contributed by atoms with Crippen LogP contribution in [0.3, 0.4) is 0 Å². The number of aryl methyl sites for hydroxylation is 3. The molecule has 2 aromatic rings. The third kappa shape index (κ3) is 4.90. The van der Waals surface area contributed by atoms with Gasteiger partial charge < -0.3 is 5.32 Å². The van der Waals surface area contributed by atoms with Gasteiger partial charge in [0, 0.05) is 18.2 Å². The summed E-state index contributed by atoms with van der Waals surface area (Å²) in [5.74, 6) is 1.41. The molecule has 0 saturated heterocycles. The molecule has 3 rings (SSSR count). The molecule has 0 aromatic heterocycles. The Labute approximate surface area is 160 Å². The first kappa shape index (κ1) is 19.0. The van der Waals surface area contributed by atoms with Crippen LogP contribution in [0.5, 0.6) is 0 Å². The van der Waals surface area contributed by atoms with E-state index in [0.717, 1.165) is 12.5 Å². The Bertz CT molecular complexity index is 658. The average molecular weight is 350 g/mol. The van der Waals surface area contributed by atoms with Crippen molar-refractivity contribution in [3.05, 3.63) is 64.7 Å². The van der Waals surface area contributed by atoms with Gasteiger partial charge in [-0.05, 0) is 56.2 Å². The first-order valence-corrected chi connectivity index (χ1v) is 10.5. The second-order valence-corrected chi connectivity index (χ2v) is 8.28. The van der Waals surface area contributed by atoms with E-state index < -0.39 is 0 Å². The maximum atomic E-state index is 3.84. The number of anilines is 1. The molecule has 0 unspecified atom stereocenters. The molecule has 0 spiro atoms. The Morgan fingerprint density at radius 1 is 0.846 bits per heavy atom. The molecule has 1 nitrogen and oxygen atoms in total. The lowest BCUT2D eigenvalue weighted by atomic mass is 9.78. The first-order chi connectivity index (χ1) is 12.6. The summed E-state index contributed by atoms with van der Waals surface area (Å²) in [6.07, 6.45) is 9.83. The normalized spacial score (nSPS) is 17.3. The summed E-state index contributed by atoms with van der Waals surface area (Å²) >= 11 is 0. The Hall–Kier alpha value is -1.76. The summed E-state index contributed by atoms with van der Waals surface area (Å²) in [6.45, 7) is 7.69. The smallest absolute Gasteiger partial charge is 0.0399 e. The monoisotopic (exact) mass is 349 g/mol. The molecule has 0 bridgehead atoms. The van der Waals surface area contributed by atoms with Gasteiger partial charge in [-0.2, -0.15) is 0 Å². The Morgan fingerprint density at radius 3 is 2.04 bits per heavy atom. The highest BCUT2D eigenvalue weighted by Gasteiger charge is 2.24. The summed E-state index contributed by atoms with van der Waals surface area (Å²) in [5.41, 5.74) is 6.93. The predicted octanol–water partition coefficient (Wildman–Crippen LogP) is 7.17. The van der Waals surface area contributed by atoms with Crippen LogP contribution in [0.2, 0.25) is 0 Å². The van der Waals surface area contributed by atoms with Crippen molar-refractivity contribution in [1.29, 1.82) is 0 Å². The van der Waals surface area contributed by atoms with Gasteiger partial charge >= 0.3 is 0 Å². The Balaban J connectivity index is 1.80. The van der Waals surface area contributed by atoms with Gasteiger partial charge in [-0.25, -0.2) is 0 Å². The van der Waals surface area contributed by atoms with Crippen molar-refractivity contribution >= 4 is 5.69 Å². The zero-order valence-electron chi connectivity index (χ0n) is 16.9. The standard InChI is InChI=1S/C25H35N/c1-19-16-20(2)25(21(3)17-19)26-18-24(23-14-10-7-11-15-23)22-12-8-5-4-6-9-13-22/h7,10-11,14-17,22,24,26H,4-6,8-9,12-13,18H2,1-3H3/t24-/m0/s1. The van der Waals surface area contributed by atoms with E-state index in [1.54, 1.807) is 0 Å². The van der Waals surface area contributed by atoms with Crippen molar-refractivity contribution in [2.24, 2.45) is 5.92 Å². The van der Waals surface area contributed by atoms with Gasteiger partial charge in [0.25, 0.3) is 0 Å². The zero-order valence-corrected chi connectivity index (χ0v) is 16.9. The Kier molecular flexibility index (Phi) is 6.77. The second kappa shape index (κ2) is 9.26. The van der Waals surface area contributed by atoms with Crippen molar-refractivity contribution in [2.45, 2.75) is 71.6 Å². The van der Waals surface area contributed by atoms with Crippen LogP contribution in [0.15, 0.2) is 42.5 Å². The van der Waals surface area contributed by atoms with E-state index in [1.807, 2.05) is 0 Å². The van der Waals surface area contributed by atoms with Gasteiger partial charge in [0.15, 0.2) is 0 Å². The molecular formula is C25H35N. The Morgan fingerprint density at radius 2 is 1.42 bits per heavy atom. The highest BCUT2D eigenvalue weighted by Crippen LogP contribution is 2.35. The van der Waals surface area contributed by atoms with Crippen molar-refractivity contribution in [1.82, 2.24) is 0 Å². The SMILES string of the molecule is Cc1cc(C)c(NC[C@H](c2ccccc2)C2CCCCCCC2)c(C)c1. The molecule has 0 radical (unpaired) electrons. The molecule has 1 aliphatic carbocycles. The van der Waals surface area contributed by atoms with Crippen LogP contribution >= 0.6 is 0 Å². The van der Waals surface area contributed by atoms with E-state index >= 15 is 0 Å². The lowest BCUT2D eigenvalue weighted by molar-refractivity contribution is 0.330. The van der Waals surface area contributed by atoms with Gasteiger partial charge in [0.1, 0.15) is 0 Å².